The van der Waals surface area contributed by atoms with E-state index >= 15 is 0 Å². The Morgan fingerprint density at radius 2 is 2.35 bits per heavy atom. The molecule has 1 aliphatic heterocycles. The zero-order valence-corrected chi connectivity index (χ0v) is 13.2. The molecular formula is C15H20BrFN2O. The lowest BCUT2D eigenvalue weighted by molar-refractivity contribution is -0.136. The monoisotopic (exact) mass is 342 g/mol. The average molecular weight is 343 g/mol. The minimum atomic E-state index is -0.263. The third-order valence-electron chi connectivity index (χ3n) is 3.71. The lowest BCUT2D eigenvalue weighted by Gasteiger charge is -2.29. The Hall–Kier alpha value is -0.940. The van der Waals surface area contributed by atoms with E-state index in [4.69, 9.17) is 0 Å². The number of rotatable bonds is 4. The fraction of sp³-hybridized carbons (Fsp3) is 0.533. The number of halogens is 2. The van der Waals surface area contributed by atoms with Crippen molar-refractivity contribution in [3.05, 3.63) is 34.1 Å². The van der Waals surface area contributed by atoms with Crippen LogP contribution in [0, 0.1) is 11.7 Å². The number of nitrogens with one attached hydrogen (secondary N) is 1. The van der Waals surface area contributed by atoms with Gasteiger partial charge in [0.05, 0.1) is 5.92 Å². The molecular weight excluding hydrogens is 323 g/mol. The summed E-state index contributed by atoms with van der Waals surface area (Å²) in [5.74, 6) is -0.112. The van der Waals surface area contributed by atoms with Crippen LogP contribution in [0.25, 0.3) is 0 Å². The smallest absolute Gasteiger partial charge is 0.227 e. The molecule has 1 fully saturated rings. The Labute approximate surface area is 127 Å². The largest absolute Gasteiger partial charge is 0.338 e. The summed E-state index contributed by atoms with van der Waals surface area (Å²) in [6.07, 6.45) is 1.95. The van der Waals surface area contributed by atoms with E-state index in [0.29, 0.717) is 18.7 Å². The molecule has 1 aliphatic rings. The summed E-state index contributed by atoms with van der Waals surface area (Å²) in [5.41, 5.74) is 0.554. The Morgan fingerprint density at radius 3 is 3.00 bits per heavy atom. The van der Waals surface area contributed by atoms with Crippen molar-refractivity contribution in [2.75, 3.05) is 19.6 Å². The van der Waals surface area contributed by atoms with Crippen LogP contribution < -0.4 is 5.32 Å². The quantitative estimate of drug-likeness (QED) is 0.912. The molecule has 0 radical (unpaired) electrons. The van der Waals surface area contributed by atoms with Crippen LogP contribution in [0.2, 0.25) is 0 Å². The fourth-order valence-corrected chi connectivity index (χ4v) is 2.94. The van der Waals surface area contributed by atoms with E-state index in [0.717, 1.165) is 30.4 Å². The molecule has 5 heteroatoms. The third kappa shape index (κ3) is 3.79. The lowest BCUT2D eigenvalue weighted by atomic mass is 9.98. The third-order valence-corrected chi connectivity index (χ3v) is 4.20. The van der Waals surface area contributed by atoms with Crippen LogP contribution in [0.3, 0.4) is 0 Å². The number of hydrogen-bond acceptors (Lipinski definition) is 2. The summed E-state index contributed by atoms with van der Waals surface area (Å²) in [7, 11) is 0. The van der Waals surface area contributed by atoms with Gasteiger partial charge < -0.3 is 10.2 Å². The van der Waals surface area contributed by atoms with Crippen LogP contribution in [-0.2, 0) is 11.3 Å². The van der Waals surface area contributed by atoms with Gasteiger partial charge >= 0.3 is 0 Å². The molecule has 1 atom stereocenters. The van der Waals surface area contributed by atoms with Crippen LogP contribution in [0.15, 0.2) is 22.7 Å². The molecule has 1 heterocycles. The molecule has 0 aliphatic carbocycles. The van der Waals surface area contributed by atoms with Gasteiger partial charge in [-0.15, -0.1) is 0 Å². The molecule has 2 rings (SSSR count). The van der Waals surface area contributed by atoms with E-state index in [2.05, 4.69) is 21.2 Å². The summed E-state index contributed by atoms with van der Waals surface area (Å²) < 4.78 is 14.6. The van der Waals surface area contributed by atoms with Crippen LogP contribution in [0.5, 0.6) is 0 Å². The molecule has 1 unspecified atom stereocenters. The summed E-state index contributed by atoms with van der Waals surface area (Å²) in [5, 5.41) is 3.25. The molecule has 20 heavy (non-hydrogen) atoms. The molecule has 110 valence electrons. The first kappa shape index (κ1) is 15.4. The Balaban J connectivity index is 2.07. The number of carbonyl (C=O) groups is 1. The molecule has 0 spiro atoms. The van der Waals surface area contributed by atoms with Gasteiger partial charge in [-0.3, -0.25) is 4.79 Å². The van der Waals surface area contributed by atoms with Gasteiger partial charge in [-0.2, -0.15) is 0 Å². The minimum absolute atomic E-state index is 0.0268. The van der Waals surface area contributed by atoms with Gasteiger partial charge in [-0.25, -0.2) is 4.39 Å². The highest BCUT2D eigenvalue weighted by atomic mass is 79.9. The molecule has 1 saturated heterocycles. The van der Waals surface area contributed by atoms with E-state index in [9.17, 15) is 9.18 Å². The molecule has 1 aromatic carbocycles. The first-order valence-electron chi connectivity index (χ1n) is 7.05. The molecule has 0 aromatic heterocycles. The van der Waals surface area contributed by atoms with Crippen LogP contribution >= 0.6 is 15.9 Å². The second-order valence-electron chi connectivity index (χ2n) is 5.13. The number of amides is 1. The first-order chi connectivity index (χ1) is 9.61. The number of nitrogens with zero attached hydrogens (tertiary/aromatic N) is 1. The maximum atomic E-state index is 13.8. The first-order valence-corrected chi connectivity index (χ1v) is 7.84. The van der Waals surface area contributed by atoms with Crippen molar-refractivity contribution in [2.45, 2.75) is 26.3 Å². The predicted octanol–water partition coefficient (Wildman–Crippen LogP) is 2.94. The maximum Gasteiger partial charge on any atom is 0.227 e. The van der Waals surface area contributed by atoms with Crippen molar-refractivity contribution in [3.8, 4) is 0 Å². The van der Waals surface area contributed by atoms with E-state index in [1.807, 2.05) is 6.92 Å². The number of carbonyl (C=O) groups excluding carboxylic acids is 1. The average Bonchev–Trinajstić information content (AvgIpc) is 2.48. The Kier molecular flexibility index (Phi) is 5.54. The van der Waals surface area contributed by atoms with E-state index in [1.165, 1.54) is 6.07 Å². The Bertz CT molecular complexity index is 475. The van der Waals surface area contributed by atoms with Gasteiger partial charge in [0.15, 0.2) is 0 Å². The molecule has 0 saturated carbocycles. The molecule has 1 N–H and O–H groups in total. The number of piperidine rings is 1. The highest BCUT2D eigenvalue weighted by Gasteiger charge is 2.25. The van der Waals surface area contributed by atoms with E-state index in [-0.39, 0.29) is 17.6 Å². The summed E-state index contributed by atoms with van der Waals surface area (Å²) in [6, 6.07) is 4.84. The summed E-state index contributed by atoms with van der Waals surface area (Å²) in [6.45, 7) is 4.58. The van der Waals surface area contributed by atoms with Gasteiger partial charge in [-0.05, 0) is 44.5 Å². The van der Waals surface area contributed by atoms with Crippen molar-refractivity contribution in [1.82, 2.24) is 10.2 Å². The highest BCUT2D eigenvalue weighted by molar-refractivity contribution is 9.10. The van der Waals surface area contributed by atoms with Gasteiger partial charge in [0.2, 0.25) is 5.91 Å². The van der Waals surface area contributed by atoms with Crippen LogP contribution in [0.1, 0.15) is 25.3 Å². The fourth-order valence-electron chi connectivity index (χ4n) is 2.54. The van der Waals surface area contributed by atoms with Crippen molar-refractivity contribution >= 4 is 21.8 Å². The van der Waals surface area contributed by atoms with Crippen molar-refractivity contribution in [1.29, 1.82) is 0 Å². The standard InChI is InChI=1S/C15H20BrFN2O/c1-2-19(15(20)11-4-3-7-18-9-11)10-12-8-13(16)5-6-14(12)17/h5-6,8,11,18H,2-4,7,9-10H2,1H3. The SMILES string of the molecule is CCN(Cc1cc(Br)ccc1F)C(=O)C1CCCNC1. The lowest BCUT2D eigenvalue weighted by Crippen LogP contribution is -2.42. The normalized spacial score (nSPS) is 18.9. The zero-order valence-electron chi connectivity index (χ0n) is 11.7. The topological polar surface area (TPSA) is 32.3 Å². The maximum absolute atomic E-state index is 13.8. The van der Waals surface area contributed by atoms with Crippen molar-refractivity contribution in [2.24, 2.45) is 5.92 Å². The molecule has 1 aromatic rings. The number of benzene rings is 1. The van der Waals surface area contributed by atoms with Crippen LogP contribution in [-0.4, -0.2) is 30.4 Å². The minimum Gasteiger partial charge on any atom is -0.338 e. The Morgan fingerprint density at radius 1 is 1.55 bits per heavy atom. The second kappa shape index (κ2) is 7.18. The molecule has 0 bridgehead atoms. The van der Waals surface area contributed by atoms with Crippen LogP contribution in [0.4, 0.5) is 4.39 Å². The summed E-state index contributed by atoms with van der Waals surface area (Å²) in [4.78, 5) is 14.2. The highest BCUT2D eigenvalue weighted by Crippen LogP contribution is 2.19. The predicted molar refractivity (Wildman–Crippen MR) is 80.8 cm³/mol. The zero-order chi connectivity index (χ0) is 14.5. The second-order valence-corrected chi connectivity index (χ2v) is 6.05. The van der Waals surface area contributed by atoms with Crippen molar-refractivity contribution in [3.63, 3.8) is 0 Å². The molecule has 1 amide bonds. The van der Waals surface area contributed by atoms with Gasteiger partial charge in [0.25, 0.3) is 0 Å². The van der Waals surface area contributed by atoms with E-state index < -0.39 is 0 Å². The van der Waals surface area contributed by atoms with Gasteiger partial charge in [0.1, 0.15) is 5.82 Å². The van der Waals surface area contributed by atoms with Gasteiger partial charge in [-0.1, -0.05) is 15.9 Å². The number of hydrogen-bond donors (Lipinski definition) is 1. The van der Waals surface area contributed by atoms with Crippen molar-refractivity contribution < 1.29 is 9.18 Å². The summed E-state index contributed by atoms with van der Waals surface area (Å²) >= 11 is 3.34. The van der Waals surface area contributed by atoms with E-state index in [1.54, 1.807) is 17.0 Å². The van der Waals surface area contributed by atoms with Gasteiger partial charge in [0, 0.05) is 29.7 Å². The molecule has 3 nitrogen and oxygen atoms in total.